The summed E-state index contributed by atoms with van der Waals surface area (Å²) in [4.78, 5) is 13.5. The van der Waals surface area contributed by atoms with Crippen LogP contribution in [0.5, 0.6) is 5.75 Å². The molecule has 0 saturated heterocycles. The summed E-state index contributed by atoms with van der Waals surface area (Å²) in [5.74, 6) is 1.54. The lowest BCUT2D eigenvalue weighted by molar-refractivity contribution is 0.165. The number of ether oxygens (including phenoxy) is 2. The average Bonchev–Trinajstić information content (AvgIpc) is 3.13. The standard InChI is InChI=1S/C18H28N6O3S/c1-6-24(10-9-19-18(25)27-5)13(2)14-7-8-16(26-4)15(11-14)12-28-17-20-21-22-23(17)3/h7-8,11,13H,6,9-10,12H2,1-5H3,(H,19,25). The van der Waals surface area contributed by atoms with E-state index in [4.69, 9.17) is 4.74 Å². The lowest BCUT2D eigenvalue weighted by Crippen LogP contribution is -2.36. The highest BCUT2D eigenvalue weighted by atomic mass is 32.2. The molecule has 0 bridgehead atoms. The second-order valence-corrected chi connectivity index (χ2v) is 7.11. The van der Waals surface area contributed by atoms with E-state index in [1.807, 2.05) is 13.1 Å². The van der Waals surface area contributed by atoms with Crippen molar-refractivity contribution in [2.24, 2.45) is 7.05 Å². The van der Waals surface area contributed by atoms with Gasteiger partial charge < -0.3 is 14.8 Å². The van der Waals surface area contributed by atoms with Crippen LogP contribution in [0.4, 0.5) is 4.79 Å². The number of amides is 1. The number of carbonyl (C=O) groups is 1. The minimum atomic E-state index is -0.411. The number of nitrogens with zero attached hydrogens (tertiary/aromatic N) is 5. The molecular formula is C18H28N6O3S. The number of rotatable bonds is 10. The SMILES string of the molecule is CCN(CCNC(=O)OC)C(C)c1ccc(OC)c(CSc2nnnn2C)c1. The van der Waals surface area contributed by atoms with E-state index in [-0.39, 0.29) is 6.04 Å². The molecule has 0 fully saturated rings. The van der Waals surface area contributed by atoms with Gasteiger partial charge >= 0.3 is 6.09 Å². The summed E-state index contributed by atoms with van der Waals surface area (Å²) in [5, 5.41) is 15.0. The fourth-order valence-corrected chi connectivity index (χ4v) is 3.69. The van der Waals surface area contributed by atoms with E-state index >= 15 is 0 Å². The summed E-state index contributed by atoms with van der Waals surface area (Å²) in [6, 6.07) is 6.43. The van der Waals surface area contributed by atoms with Gasteiger partial charge in [0.15, 0.2) is 0 Å². The largest absolute Gasteiger partial charge is 0.496 e. The molecule has 10 heteroatoms. The molecule has 9 nitrogen and oxygen atoms in total. The van der Waals surface area contributed by atoms with Crippen molar-refractivity contribution in [2.75, 3.05) is 33.9 Å². The van der Waals surface area contributed by atoms with Crippen molar-refractivity contribution in [3.05, 3.63) is 29.3 Å². The van der Waals surface area contributed by atoms with Gasteiger partial charge in [-0.05, 0) is 41.6 Å². The number of aryl methyl sites for hydroxylation is 1. The molecule has 154 valence electrons. The van der Waals surface area contributed by atoms with Gasteiger partial charge in [0.05, 0.1) is 14.2 Å². The molecule has 0 radical (unpaired) electrons. The van der Waals surface area contributed by atoms with Crippen LogP contribution in [0.3, 0.4) is 0 Å². The predicted molar refractivity (Wildman–Crippen MR) is 107 cm³/mol. The number of alkyl carbamates (subject to hydrolysis) is 1. The Morgan fingerprint density at radius 2 is 2.18 bits per heavy atom. The Morgan fingerprint density at radius 1 is 1.39 bits per heavy atom. The molecule has 0 spiro atoms. The highest BCUT2D eigenvalue weighted by Gasteiger charge is 2.17. The van der Waals surface area contributed by atoms with Crippen molar-refractivity contribution >= 4 is 17.9 Å². The number of nitrogens with one attached hydrogen (secondary N) is 1. The van der Waals surface area contributed by atoms with Gasteiger partial charge in [0.25, 0.3) is 0 Å². The number of hydrogen-bond donors (Lipinski definition) is 1. The Hall–Kier alpha value is -2.33. The Balaban J connectivity index is 2.08. The molecule has 0 aliphatic heterocycles. The molecule has 0 saturated carbocycles. The number of methoxy groups -OCH3 is 2. The zero-order chi connectivity index (χ0) is 20.5. The smallest absolute Gasteiger partial charge is 0.406 e. The maximum atomic E-state index is 11.2. The molecule has 1 heterocycles. The van der Waals surface area contributed by atoms with Crippen LogP contribution >= 0.6 is 11.8 Å². The van der Waals surface area contributed by atoms with Gasteiger partial charge in [-0.25, -0.2) is 9.48 Å². The van der Waals surface area contributed by atoms with Crippen LogP contribution in [-0.4, -0.2) is 65.1 Å². The van der Waals surface area contributed by atoms with Gasteiger partial charge in [-0.15, -0.1) is 5.10 Å². The first-order chi connectivity index (χ1) is 13.5. The number of likely N-dealkylation sites (N-methyl/N-ethyl adjacent to an activating group) is 1. The van der Waals surface area contributed by atoms with E-state index < -0.39 is 6.09 Å². The lowest BCUT2D eigenvalue weighted by Gasteiger charge is -2.28. The molecule has 1 aromatic carbocycles. The van der Waals surface area contributed by atoms with Crippen LogP contribution in [-0.2, 0) is 17.5 Å². The summed E-state index contributed by atoms with van der Waals surface area (Å²) in [6.07, 6.45) is -0.411. The molecule has 1 unspecified atom stereocenters. The third kappa shape index (κ3) is 5.83. The number of aromatic nitrogens is 4. The summed E-state index contributed by atoms with van der Waals surface area (Å²) >= 11 is 1.56. The fraction of sp³-hybridized carbons (Fsp3) is 0.556. The topological polar surface area (TPSA) is 94.4 Å². The zero-order valence-electron chi connectivity index (χ0n) is 17.0. The van der Waals surface area contributed by atoms with Crippen molar-refractivity contribution in [1.29, 1.82) is 0 Å². The molecule has 0 aliphatic rings. The molecular weight excluding hydrogens is 380 g/mol. The zero-order valence-corrected chi connectivity index (χ0v) is 17.8. The van der Waals surface area contributed by atoms with E-state index in [2.05, 4.69) is 56.5 Å². The highest BCUT2D eigenvalue weighted by Crippen LogP contribution is 2.30. The summed E-state index contributed by atoms with van der Waals surface area (Å²) in [6.45, 7) is 6.39. The van der Waals surface area contributed by atoms with Crippen molar-refractivity contribution in [3.8, 4) is 5.75 Å². The number of benzene rings is 1. The predicted octanol–water partition coefficient (Wildman–Crippen LogP) is 2.25. The lowest BCUT2D eigenvalue weighted by atomic mass is 10.0. The first-order valence-corrected chi connectivity index (χ1v) is 10.1. The number of tetrazole rings is 1. The van der Waals surface area contributed by atoms with Gasteiger partial charge in [-0.2, -0.15) is 0 Å². The fourth-order valence-electron chi connectivity index (χ4n) is 2.87. The molecule has 1 atom stereocenters. The average molecular weight is 409 g/mol. The van der Waals surface area contributed by atoms with Crippen LogP contribution in [0.25, 0.3) is 0 Å². The Kier molecular flexibility index (Phi) is 8.52. The van der Waals surface area contributed by atoms with Crippen molar-refractivity contribution in [1.82, 2.24) is 30.4 Å². The van der Waals surface area contributed by atoms with Gasteiger partial charge in [-0.3, -0.25) is 4.90 Å². The summed E-state index contributed by atoms with van der Waals surface area (Å²) < 4.78 is 11.8. The van der Waals surface area contributed by atoms with E-state index in [1.54, 1.807) is 23.6 Å². The highest BCUT2D eigenvalue weighted by molar-refractivity contribution is 7.98. The maximum Gasteiger partial charge on any atom is 0.406 e. The second-order valence-electron chi connectivity index (χ2n) is 6.17. The molecule has 1 N–H and O–H groups in total. The van der Waals surface area contributed by atoms with Gasteiger partial charge in [0, 0.05) is 37.5 Å². The first kappa shape index (κ1) is 22.0. The van der Waals surface area contributed by atoms with Gasteiger partial charge in [-0.1, -0.05) is 24.8 Å². The molecule has 2 rings (SSSR count). The van der Waals surface area contributed by atoms with Crippen LogP contribution in [0.2, 0.25) is 0 Å². The monoisotopic (exact) mass is 408 g/mol. The molecule has 0 aliphatic carbocycles. The number of hydrogen-bond acceptors (Lipinski definition) is 8. The quantitative estimate of drug-likeness (QED) is 0.598. The minimum absolute atomic E-state index is 0.190. The second kappa shape index (κ2) is 10.9. The van der Waals surface area contributed by atoms with Crippen molar-refractivity contribution in [3.63, 3.8) is 0 Å². The van der Waals surface area contributed by atoms with Crippen molar-refractivity contribution < 1.29 is 14.3 Å². The van der Waals surface area contributed by atoms with Gasteiger partial charge in [0.1, 0.15) is 5.75 Å². The summed E-state index contributed by atoms with van der Waals surface area (Å²) in [5.41, 5.74) is 2.27. The molecule has 28 heavy (non-hydrogen) atoms. The Morgan fingerprint density at radius 3 is 2.79 bits per heavy atom. The van der Waals surface area contributed by atoms with E-state index in [9.17, 15) is 4.79 Å². The van der Waals surface area contributed by atoms with Crippen molar-refractivity contribution in [2.45, 2.75) is 30.8 Å². The van der Waals surface area contributed by atoms with Crippen LogP contribution in [0.1, 0.15) is 31.0 Å². The van der Waals surface area contributed by atoms with Crippen LogP contribution in [0, 0.1) is 0 Å². The molecule has 2 aromatic rings. The summed E-state index contributed by atoms with van der Waals surface area (Å²) in [7, 11) is 4.86. The number of thioether (sulfide) groups is 1. The Bertz CT molecular complexity index is 770. The maximum absolute atomic E-state index is 11.2. The van der Waals surface area contributed by atoms with E-state index in [0.717, 1.165) is 29.6 Å². The molecule has 1 aromatic heterocycles. The van der Waals surface area contributed by atoms with Crippen LogP contribution in [0.15, 0.2) is 23.4 Å². The third-order valence-corrected chi connectivity index (χ3v) is 5.59. The first-order valence-electron chi connectivity index (χ1n) is 9.08. The van der Waals surface area contributed by atoms with E-state index in [0.29, 0.717) is 12.3 Å². The number of carbonyl (C=O) groups excluding carboxylic acids is 1. The third-order valence-electron chi connectivity index (χ3n) is 4.53. The minimum Gasteiger partial charge on any atom is -0.496 e. The molecule has 1 amide bonds. The normalized spacial score (nSPS) is 12.1. The van der Waals surface area contributed by atoms with E-state index in [1.165, 1.54) is 12.7 Å². The van der Waals surface area contributed by atoms with Gasteiger partial charge in [0.2, 0.25) is 5.16 Å². The Labute approximate surface area is 169 Å². The van der Waals surface area contributed by atoms with Crippen LogP contribution < -0.4 is 10.1 Å².